The number of anilines is 1. The third kappa shape index (κ3) is 4.48. The summed E-state index contributed by atoms with van der Waals surface area (Å²) in [7, 11) is 0. The minimum absolute atomic E-state index is 0.187. The van der Waals surface area contributed by atoms with E-state index in [0.29, 0.717) is 35.1 Å². The molecular weight excluding hydrogens is 410 g/mol. The average Bonchev–Trinajstić information content (AvgIpc) is 3.30. The summed E-state index contributed by atoms with van der Waals surface area (Å²) in [6.07, 6.45) is 4.40. The Labute approximate surface area is 183 Å². The molecule has 4 aromatic rings. The van der Waals surface area contributed by atoms with Crippen LogP contribution in [-0.2, 0) is 0 Å². The number of amides is 2. The normalized spacial score (nSPS) is 10.6. The molecule has 0 aliphatic rings. The first-order valence-electron chi connectivity index (χ1n) is 9.82. The van der Waals surface area contributed by atoms with Crippen LogP contribution in [0.1, 0.15) is 24.3 Å². The van der Waals surface area contributed by atoms with Gasteiger partial charge in [0.05, 0.1) is 23.7 Å². The lowest BCUT2D eigenvalue weighted by Crippen LogP contribution is -2.28. The number of nitrogens with one attached hydrogen (secondary N) is 2. The van der Waals surface area contributed by atoms with E-state index in [2.05, 4.69) is 35.8 Å². The fraction of sp³-hybridized carbons (Fsp3) is 0.136. The van der Waals surface area contributed by atoms with Crippen LogP contribution < -0.4 is 10.6 Å². The van der Waals surface area contributed by atoms with Gasteiger partial charge in [0.2, 0.25) is 11.8 Å². The molecule has 0 saturated carbocycles. The van der Waals surface area contributed by atoms with E-state index in [1.165, 1.54) is 25.5 Å². The highest BCUT2D eigenvalue weighted by molar-refractivity contribution is 5.92. The number of carbonyl (C=O) groups is 2. The summed E-state index contributed by atoms with van der Waals surface area (Å²) in [6.45, 7) is 3.70. The van der Waals surface area contributed by atoms with Gasteiger partial charge < -0.3 is 9.73 Å². The largest absolute Gasteiger partial charge is 0.416 e. The SMILES string of the molecule is CCNC(=O)Nc1cc(-c2nnc(-c3ccccc3)o2)c(-c2cnc(C(C)=O)cn2)cn1. The zero-order valence-corrected chi connectivity index (χ0v) is 17.4. The van der Waals surface area contributed by atoms with Crippen molar-refractivity contribution in [3.05, 3.63) is 60.7 Å². The van der Waals surface area contributed by atoms with Crippen molar-refractivity contribution in [1.29, 1.82) is 0 Å². The summed E-state index contributed by atoms with van der Waals surface area (Å²) in [5, 5.41) is 13.6. The smallest absolute Gasteiger partial charge is 0.320 e. The minimum atomic E-state index is -0.389. The number of hydrogen-bond donors (Lipinski definition) is 2. The summed E-state index contributed by atoms with van der Waals surface area (Å²) in [4.78, 5) is 36.2. The molecule has 0 aliphatic carbocycles. The monoisotopic (exact) mass is 429 g/mol. The van der Waals surface area contributed by atoms with Crippen molar-refractivity contribution in [3.63, 3.8) is 0 Å². The second-order valence-corrected chi connectivity index (χ2v) is 6.72. The zero-order valence-electron chi connectivity index (χ0n) is 17.4. The van der Waals surface area contributed by atoms with Gasteiger partial charge in [0.15, 0.2) is 5.78 Å². The molecule has 1 aromatic carbocycles. The van der Waals surface area contributed by atoms with Crippen LogP contribution >= 0.6 is 0 Å². The first kappa shape index (κ1) is 20.8. The number of pyridine rings is 1. The maximum absolute atomic E-state index is 11.9. The van der Waals surface area contributed by atoms with Crippen LogP contribution in [0.3, 0.4) is 0 Å². The summed E-state index contributed by atoms with van der Waals surface area (Å²) in [5.74, 6) is 0.674. The highest BCUT2D eigenvalue weighted by atomic mass is 16.4. The Hall–Kier alpha value is -4.47. The fourth-order valence-electron chi connectivity index (χ4n) is 2.90. The Morgan fingerprint density at radius 2 is 1.72 bits per heavy atom. The molecule has 2 N–H and O–H groups in total. The van der Waals surface area contributed by atoms with Crippen LogP contribution in [0, 0.1) is 0 Å². The quantitative estimate of drug-likeness (QED) is 0.444. The molecule has 0 fully saturated rings. The summed E-state index contributed by atoms with van der Waals surface area (Å²) >= 11 is 0. The Bertz CT molecular complexity index is 1250. The lowest BCUT2D eigenvalue weighted by molar-refractivity contribution is 0.101. The third-order valence-electron chi connectivity index (χ3n) is 4.45. The molecule has 3 aromatic heterocycles. The van der Waals surface area contributed by atoms with E-state index in [1.54, 1.807) is 6.07 Å². The van der Waals surface area contributed by atoms with E-state index in [9.17, 15) is 9.59 Å². The van der Waals surface area contributed by atoms with Crippen LogP contribution in [0.2, 0.25) is 0 Å². The van der Waals surface area contributed by atoms with Gasteiger partial charge in [-0.05, 0) is 25.1 Å². The molecule has 2 amide bonds. The average molecular weight is 429 g/mol. The van der Waals surface area contributed by atoms with Crippen molar-refractivity contribution < 1.29 is 14.0 Å². The second-order valence-electron chi connectivity index (χ2n) is 6.72. The Kier molecular flexibility index (Phi) is 5.93. The molecule has 10 nitrogen and oxygen atoms in total. The molecule has 0 spiro atoms. The zero-order chi connectivity index (χ0) is 22.5. The lowest BCUT2D eigenvalue weighted by atomic mass is 10.1. The van der Waals surface area contributed by atoms with E-state index in [1.807, 2.05) is 37.3 Å². The van der Waals surface area contributed by atoms with Crippen molar-refractivity contribution in [3.8, 4) is 34.2 Å². The number of Topliss-reactive ketones (excluding diaryl/α,β-unsaturated/α-hetero) is 1. The van der Waals surface area contributed by atoms with Gasteiger partial charge in [-0.3, -0.25) is 15.1 Å². The van der Waals surface area contributed by atoms with Gasteiger partial charge in [-0.1, -0.05) is 18.2 Å². The van der Waals surface area contributed by atoms with Crippen LogP contribution in [0.25, 0.3) is 34.2 Å². The molecule has 10 heteroatoms. The summed E-state index contributed by atoms with van der Waals surface area (Å²) < 4.78 is 5.91. The molecular formula is C22H19N7O3. The van der Waals surface area contributed by atoms with Crippen molar-refractivity contribution >= 4 is 17.6 Å². The highest BCUT2D eigenvalue weighted by Crippen LogP contribution is 2.33. The summed E-state index contributed by atoms with van der Waals surface area (Å²) in [5.41, 5.74) is 2.54. The lowest BCUT2D eigenvalue weighted by Gasteiger charge is -2.10. The van der Waals surface area contributed by atoms with Crippen LogP contribution in [0.4, 0.5) is 10.6 Å². The fourth-order valence-corrected chi connectivity index (χ4v) is 2.90. The maximum Gasteiger partial charge on any atom is 0.320 e. The van der Waals surface area contributed by atoms with Crippen molar-refractivity contribution in [1.82, 2.24) is 30.5 Å². The van der Waals surface area contributed by atoms with Gasteiger partial charge >= 0.3 is 6.03 Å². The predicted octanol–water partition coefficient (Wildman–Crippen LogP) is 3.60. The van der Waals surface area contributed by atoms with Gasteiger partial charge in [-0.2, -0.15) is 0 Å². The van der Waals surface area contributed by atoms with E-state index < -0.39 is 0 Å². The molecule has 0 saturated heterocycles. The van der Waals surface area contributed by atoms with E-state index in [-0.39, 0.29) is 23.4 Å². The molecule has 4 rings (SSSR count). The van der Waals surface area contributed by atoms with Crippen LogP contribution in [-0.4, -0.2) is 43.5 Å². The van der Waals surface area contributed by atoms with Gasteiger partial charge in [0, 0.05) is 30.8 Å². The third-order valence-corrected chi connectivity index (χ3v) is 4.45. The highest BCUT2D eigenvalue weighted by Gasteiger charge is 2.18. The Morgan fingerprint density at radius 3 is 2.41 bits per heavy atom. The molecule has 3 heterocycles. The van der Waals surface area contributed by atoms with Gasteiger partial charge in [0.25, 0.3) is 0 Å². The van der Waals surface area contributed by atoms with E-state index in [0.717, 1.165) is 5.56 Å². The molecule has 0 unspecified atom stereocenters. The van der Waals surface area contributed by atoms with Gasteiger partial charge in [0.1, 0.15) is 11.5 Å². The number of carbonyl (C=O) groups excluding carboxylic acids is 2. The van der Waals surface area contributed by atoms with Crippen molar-refractivity contribution in [2.75, 3.05) is 11.9 Å². The van der Waals surface area contributed by atoms with Crippen LogP contribution in [0.5, 0.6) is 0 Å². The Balaban J connectivity index is 1.77. The number of aromatic nitrogens is 5. The number of ketones is 1. The van der Waals surface area contributed by atoms with Gasteiger partial charge in [-0.25, -0.2) is 14.8 Å². The first-order chi connectivity index (χ1) is 15.5. The first-order valence-corrected chi connectivity index (χ1v) is 9.82. The molecule has 32 heavy (non-hydrogen) atoms. The maximum atomic E-state index is 11.9. The van der Waals surface area contributed by atoms with E-state index >= 15 is 0 Å². The van der Waals surface area contributed by atoms with Crippen LogP contribution in [0.15, 0.2) is 59.4 Å². The number of benzene rings is 1. The molecule has 0 atom stereocenters. The molecule has 0 aliphatic heterocycles. The van der Waals surface area contributed by atoms with Crippen molar-refractivity contribution in [2.45, 2.75) is 13.8 Å². The summed E-state index contributed by atoms with van der Waals surface area (Å²) in [6, 6.07) is 10.6. The minimum Gasteiger partial charge on any atom is -0.416 e. The van der Waals surface area contributed by atoms with Crippen molar-refractivity contribution in [2.24, 2.45) is 0 Å². The predicted molar refractivity (Wildman–Crippen MR) is 117 cm³/mol. The number of rotatable bonds is 6. The van der Waals surface area contributed by atoms with E-state index in [4.69, 9.17) is 4.42 Å². The number of urea groups is 1. The number of nitrogens with zero attached hydrogens (tertiary/aromatic N) is 5. The molecule has 0 bridgehead atoms. The van der Waals surface area contributed by atoms with Gasteiger partial charge in [-0.15, -0.1) is 10.2 Å². The molecule has 0 radical (unpaired) electrons. The topological polar surface area (TPSA) is 136 Å². The second kappa shape index (κ2) is 9.13. The standard InChI is InChI=1S/C22H19N7O3/c1-3-23-22(31)27-19-9-15(21-29-28-20(32-21)14-7-5-4-6-8-14)16(10-26-19)18-12-24-17(11-25-18)13(2)30/h4-12H,3H2,1-2H3,(H2,23,26,27,31). The Morgan fingerprint density at radius 1 is 0.938 bits per heavy atom. The number of hydrogen-bond acceptors (Lipinski definition) is 8. The molecule has 160 valence electrons.